The second-order valence-electron chi connectivity index (χ2n) is 5.73. The van der Waals surface area contributed by atoms with Gasteiger partial charge in [0.15, 0.2) is 0 Å². The van der Waals surface area contributed by atoms with Gasteiger partial charge in [0.25, 0.3) is 5.91 Å². The summed E-state index contributed by atoms with van der Waals surface area (Å²) in [6.07, 6.45) is 1.02. The molecular weight excluding hydrogens is 324 g/mol. The second-order valence-corrected chi connectivity index (χ2v) is 8.02. The van der Waals surface area contributed by atoms with E-state index in [1.54, 1.807) is 0 Å². The van der Waals surface area contributed by atoms with E-state index in [1.807, 2.05) is 58.3 Å². The van der Waals surface area contributed by atoms with E-state index in [4.69, 9.17) is 0 Å². The number of para-hydroxylation sites is 1. The maximum Gasteiger partial charge on any atom is 0.270 e. The Kier molecular flexibility index (Phi) is 4.14. The molecule has 1 aliphatic rings. The number of benzene rings is 1. The second kappa shape index (κ2) is 6.42. The highest BCUT2D eigenvalue weighted by molar-refractivity contribution is 7.99. The number of thiophene rings is 1. The first kappa shape index (κ1) is 14.8. The molecule has 3 heterocycles. The number of nitrogens with one attached hydrogen (secondary N) is 1. The van der Waals surface area contributed by atoms with E-state index >= 15 is 0 Å². The highest BCUT2D eigenvalue weighted by Gasteiger charge is 2.24. The molecule has 1 saturated heterocycles. The van der Waals surface area contributed by atoms with Gasteiger partial charge < -0.3 is 9.88 Å². The van der Waals surface area contributed by atoms with Gasteiger partial charge in [-0.1, -0.05) is 24.3 Å². The molecule has 0 bridgehead atoms. The predicted molar refractivity (Wildman–Crippen MR) is 98.3 cm³/mol. The molecule has 0 spiro atoms. The lowest BCUT2D eigenvalue weighted by atomic mass is 10.2. The summed E-state index contributed by atoms with van der Waals surface area (Å²) >= 11 is 3.79. The summed E-state index contributed by atoms with van der Waals surface area (Å²) < 4.78 is 0. The molecule has 1 N–H and O–H groups in total. The van der Waals surface area contributed by atoms with Crippen LogP contribution in [-0.4, -0.2) is 34.6 Å². The molecule has 118 valence electrons. The lowest BCUT2D eigenvalue weighted by Gasteiger charge is -2.19. The average molecular weight is 342 g/mol. The monoisotopic (exact) mass is 342 g/mol. The molecule has 3 aromatic rings. The minimum atomic E-state index is 0.119. The molecule has 0 saturated carbocycles. The number of nitrogens with zero attached hydrogens (tertiary/aromatic N) is 1. The summed E-state index contributed by atoms with van der Waals surface area (Å²) in [5.41, 5.74) is 1.72. The van der Waals surface area contributed by atoms with Crippen molar-refractivity contribution in [2.24, 2.45) is 0 Å². The number of thioether (sulfide) groups is 1. The van der Waals surface area contributed by atoms with Crippen molar-refractivity contribution in [3.63, 3.8) is 0 Å². The number of hydrogen-bond donors (Lipinski definition) is 1. The van der Waals surface area contributed by atoms with Crippen LogP contribution in [0.2, 0.25) is 0 Å². The number of H-pyrrole nitrogens is 1. The van der Waals surface area contributed by atoms with Crippen LogP contribution in [-0.2, 0) is 0 Å². The van der Waals surface area contributed by atoms with Gasteiger partial charge in [-0.25, -0.2) is 0 Å². The van der Waals surface area contributed by atoms with Gasteiger partial charge in [0.05, 0.1) is 0 Å². The predicted octanol–water partition coefficient (Wildman–Crippen LogP) is 4.55. The first-order valence-corrected chi connectivity index (χ1v) is 9.76. The van der Waals surface area contributed by atoms with Crippen molar-refractivity contribution >= 4 is 39.9 Å². The van der Waals surface area contributed by atoms with Gasteiger partial charge in [-0.2, -0.15) is 11.8 Å². The van der Waals surface area contributed by atoms with Gasteiger partial charge in [-0.15, -0.1) is 11.3 Å². The van der Waals surface area contributed by atoms with Crippen LogP contribution in [0.4, 0.5) is 0 Å². The summed E-state index contributed by atoms with van der Waals surface area (Å²) in [7, 11) is 0. The van der Waals surface area contributed by atoms with Crippen LogP contribution < -0.4 is 0 Å². The third-order valence-corrected chi connectivity index (χ3v) is 6.70. The van der Waals surface area contributed by atoms with E-state index < -0.39 is 0 Å². The molecule has 1 atom stereocenters. The van der Waals surface area contributed by atoms with Gasteiger partial charge >= 0.3 is 0 Å². The summed E-state index contributed by atoms with van der Waals surface area (Å²) in [5.74, 6) is 1.11. The van der Waals surface area contributed by atoms with Crippen LogP contribution in [0.5, 0.6) is 0 Å². The Balaban J connectivity index is 1.50. The summed E-state index contributed by atoms with van der Waals surface area (Å²) in [5, 5.41) is 3.75. The molecule has 5 heteroatoms. The van der Waals surface area contributed by atoms with Crippen molar-refractivity contribution in [1.29, 1.82) is 0 Å². The van der Waals surface area contributed by atoms with Gasteiger partial charge in [-0.3, -0.25) is 4.79 Å². The van der Waals surface area contributed by atoms with E-state index in [2.05, 4.69) is 22.5 Å². The van der Waals surface area contributed by atoms with Gasteiger partial charge in [-0.05, 0) is 30.0 Å². The molecule has 0 radical (unpaired) electrons. The molecule has 3 nitrogen and oxygen atoms in total. The number of rotatable bonds is 2. The van der Waals surface area contributed by atoms with Gasteiger partial charge in [0.2, 0.25) is 0 Å². The van der Waals surface area contributed by atoms with Crippen LogP contribution in [0.1, 0.15) is 27.0 Å². The quantitative estimate of drug-likeness (QED) is 0.742. The van der Waals surface area contributed by atoms with Crippen molar-refractivity contribution in [1.82, 2.24) is 9.88 Å². The first-order chi connectivity index (χ1) is 11.3. The van der Waals surface area contributed by atoms with Crippen molar-refractivity contribution in [3.05, 3.63) is 58.4 Å². The fraction of sp³-hybridized carbons (Fsp3) is 0.278. The largest absolute Gasteiger partial charge is 0.351 e. The Bertz CT molecular complexity index is 776. The van der Waals surface area contributed by atoms with Gasteiger partial charge in [0, 0.05) is 39.9 Å². The summed E-state index contributed by atoms with van der Waals surface area (Å²) in [6.45, 7) is 1.64. The Morgan fingerprint density at radius 3 is 2.91 bits per heavy atom. The van der Waals surface area contributed by atoms with Crippen LogP contribution in [0.15, 0.2) is 47.8 Å². The Morgan fingerprint density at radius 1 is 1.17 bits per heavy atom. The van der Waals surface area contributed by atoms with E-state index in [9.17, 15) is 4.79 Å². The zero-order valence-corrected chi connectivity index (χ0v) is 14.3. The SMILES string of the molecule is O=C(c1cc2ccccc2[nH]1)N1CCSC(c2cccs2)CC1. The van der Waals surface area contributed by atoms with E-state index in [1.165, 1.54) is 4.88 Å². The Hall–Kier alpha value is -1.72. The molecular formula is C18H18N2OS2. The van der Waals surface area contributed by atoms with Crippen LogP contribution in [0.3, 0.4) is 0 Å². The Morgan fingerprint density at radius 2 is 2.09 bits per heavy atom. The fourth-order valence-corrected chi connectivity index (χ4v) is 5.27. The standard InChI is InChI=1S/C18H18N2OS2/c21-18(15-12-13-4-1-2-5-14(13)19-15)20-8-7-17(23-11-9-20)16-6-3-10-22-16/h1-6,10,12,17,19H,7-9,11H2. The number of carbonyl (C=O) groups excluding carboxylic acids is 1. The topological polar surface area (TPSA) is 36.1 Å². The van der Waals surface area contributed by atoms with E-state index in [0.717, 1.165) is 36.2 Å². The molecule has 1 amide bonds. The lowest BCUT2D eigenvalue weighted by Crippen LogP contribution is -2.33. The Labute approximate surface area is 143 Å². The highest BCUT2D eigenvalue weighted by Crippen LogP contribution is 2.36. The van der Waals surface area contributed by atoms with E-state index in [0.29, 0.717) is 10.9 Å². The molecule has 1 unspecified atom stereocenters. The molecule has 23 heavy (non-hydrogen) atoms. The maximum atomic E-state index is 12.8. The molecule has 1 aliphatic heterocycles. The number of aromatic amines is 1. The number of hydrogen-bond acceptors (Lipinski definition) is 3. The molecule has 4 rings (SSSR count). The summed E-state index contributed by atoms with van der Waals surface area (Å²) in [4.78, 5) is 19.5. The third kappa shape index (κ3) is 3.03. The molecule has 2 aromatic heterocycles. The van der Waals surface area contributed by atoms with Gasteiger partial charge in [0.1, 0.15) is 5.69 Å². The van der Waals surface area contributed by atoms with E-state index in [-0.39, 0.29) is 5.91 Å². The van der Waals surface area contributed by atoms with Crippen LogP contribution in [0, 0.1) is 0 Å². The minimum Gasteiger partial charge on any atom is -0.351 e. The van der Waals surface area contributed by atoms with Crippen molar-refractivity contribution in [2.45, 2.75) is 11.7 Å². The van der Waals surface area contributed by atoms with Crippen LogP contribution >= 0.6 is 23.1 Å². The zero-order valence-electron chi connectivity index (χ0n) is 12.7. The summed E-state index contributed by atoms with van der Waals surface area (Å²) in [6, 6.07) is 14.3. The van der Waals surface area contributed by atoms with Crippen LogP contribution in [0.25, 0.3) is 10.9 Å². The lowest BCUT2D eigenvalue weighted by molar-refractivity contribution is 0.0762. The van der Waals surface area contributed by atoms with Crippen molar-refractivity contribution in [3.8, 4) is 0 Å². The molecule has 1 aromatic carbocycles. The maximum absolute atomic E-state index is 12.8. The first-order valence-electron chi connectivity index (χ1n) is 7.83. The normalized spacial score (nSPS) is 19.0. The fourth-order valence-electron chi connectivity index (χ4n) is 3.03. The number of fused-ring (bicyclic) bond motifs is 1. The molecule has 1 fully saturated rings. The average Bonchev–Trinajstić information content (AvgIpc) is 3.19. The number of amides is 1. The van der Waals surface area contributed by atoms with Crippen molar-refractivity contribution < 1.29 is 4.79 Å². The zero-order chi connectivity index (χ0) is 15.6. The minimum absolute atomic E-state index is 0.119. The smallest absolute Gasteiger partial charge is 0.270 e. The highest BCUT2D eigenvalue weighted by atomic mass is 32.2. The third-order valence-electron chi connectivity index (χ3n) is 4.25. The number of carbonyl (C=O) groups is 1. The molecule has 0 aliphatic carbocycles. The van der Waals surface area contributed by atoms with Crippen molar-refractivity contribution in [2.75, 3.05) is 18.8 Å². The number of aromatic nitrogens is 1.